The predicted octanol–water partition coefficient (Wildman–Crippen LogP) is 3.90. The lowest BCUT2D eigenvalue weighted by molar-refractivity contribution is -0.139. The summed E-state index contributed by atoms with van der Waals surface area (Å²) in [5.41, 5.74) is 7.26. The number of carbonyl (C=O) groups excluding carboxylic acids is 1. The molecule has 0 heterocycles. The predicted molar refractivity (Wildman–Crippen MR) is 96.4 cm³/mol. The summed E-state index contributed by atoms with van der Waals surface area (Å²) in [6.45, 7) is 0.760. The Hall–Kier alpha value is -1.06. The second kappa shape index (κ2) is 8.70. The molecule has 2 aliphatic carbocycles. The summed E-state index contributed by atoms with van der Waals surface area (Å²) in [5, 5.41) is 0. The molecular formula is C19H29ClN2O. The molecule has 0 saturated heterocycles. The highest BCUT2D eigenvalue weighted by Crippen LogP contribution is 2.31. The van der Waals surface area contributed by atoms with Crippen LogP contribution < -0.4 is 5.73 Å². The molecule has 4 heteroatoms. The molecule has 2 N–H and O–H groups in total. The van der Waals surface area contributed by atoms with Gasteiger partial charge >= 0.3 is 0 Å². The quantitative estimate of drug-likeness (QED) is 0.906. The highest BCUT2D eigenvalue weighted by molar-refractivity contribution is 5.85. The van der Waals surface area contributed by atoms with Crippen LogP contribution in [0.15, 0.2) is 30.3 Å². The monoisotopic (exact) mass is 336 g/mol. The smallest absolute Gasteiger partial charge is 0.226 e. The van der Waals surface area contributed by atoms with Crippen molar-refractivity contribution in [3.8, 4) is 0 Å². The maximum absolute atomic E-state index is 13.1. The number of hydrogen-bond donors (Lipinski definition) is 1. The molecule has 128 valence electrons. The minimum absolute atomic E-state index is 0. The SMILES string of the molecule is Cl.NC1CCC(C(=O)N(Cc2ccccc2)C2CCCCC2)C1. The third-order valence-corrected chi connectivity index (χ3v) is 5.32. The van der Waals surface area contributed by atoms with Crippen LogP contribution in [0.2, 0.25) is 0 Å². The molecule has 1 aromatic rings. The van der Waals surface area contributed by atoms with Crippen LogP contribution in [0, 0.1) is 5.92 Å². The van der Waals surface area contributed by atoms with E-state index in [0.717, 1.165) is 38.6 Å². The first-order valence-electron chi connectivity index (χ1n) is 8.84. The van der Waals surface area contributed by atoms with Crippen LogP contribution in [-0.2, 0) is 11.3 Å². The number of rotatable bonds is 4. The van der Waals surface area contributed by atoms with Crippen molar-refractivity contribution in [3.05, 3.63) is 35.9 Å². The van der Waals surface area contributed by atoms with E-state index < -0.39 is 0 Å². The molecule has 3 rings (SSSR count). The van der Waals surface area contributed by atoms with E-state index in [2.05, 4.69) is 29.2 Å². The van der Waals surface area contributed by atoms with Crippen molar-refractivity contribution in [2.75, 3.05) is 0 Å². The van der Waals surface area contributed by atoms with Gasteiger partial charge in [0.25, 0.3) is 0 Å². The zero-order valence-electron chi connectivity index (χ0n) is 13.8. The van der Waals surface area contributed by atoms with E-state index in [4.69, 9.17) is 5.73 Å². The minimum Gasteiger partial charge on any atom is -0.335 e. The summed E-state index contributed by atoms with van der Waals surface area (Å²) in [7, 11) is 0. The van der Waals surface area contributed by atoms with Crippen LogP contribution in [0.1, 0.15) is 56.9 Å². The lowest BCUT2D eigenvalue weighted by Gasteiger charge is -2.36. The van der Waals surface area contributed by atoms with E-state index in [1.807, 2.05) is 6.07 Å². The van der Waals surface area contributed by atoms with Crippen molar-refractivity contribution >= 4 is 18.3 Å². The molecule has 2 saturated carbocycles. The Bertz CT molecular complexity index is 487. The molecule has 2 atom stereocenters. The standard InChI is InChI=1S/C19H28N2O.ClH/c20-17-12-11-16(13-17)19(22)21(18-9-5-2-6-10-18)14-15-7-3-1-4-8-15;/h1,3-4,7-8,16-18H,2,5-6,9-14,20H2;1H. The Labute approximate surface area is 146 Å². The molecule has 3 nitrogen and oxygen atoms in total. The Kier molecular flexibility index (Phi) is 6.91. The number of hydrogen-bond acceptors (Lipinski definition) is 2. The van der Waals surface area contributed by atoms with Gasteiger partial charge in [0.1, 0.15) is 0 Å². The zero-order valence-corrected chi connectivity index (χ0v) is 14.6. The summed E-state index contributed by atoms with van der Waals surface area (Å²) in [4.78, 5) is 15.2. The Morgan fingerprint density at radius 1 is 1.04 bits per heavy atom. The number of nitrogens with zero attached hydrogens (tertiary/aromatic N) is 1. The Morgan fingerprint density at radius 3 is 2.35 bits per heavy atom. The fourth-order valence-corrected chi connectivity index (χ4v) is 4.04. The van der Waals surface area contributed by atoms with E-state index in [1.165, 1.54) is 24.8 Å². The highest BCUT2D eigenvalue weighted by atomic mass is 35.5. The van der Waals surface area contributed by atoms with Gasteiger partial charge < -0.3 is 10.6 Å². The van der Waals surface area contributed by atoms with Gasteiger partial charge in [0.15, 0.2) is 0 Å². The van der Waals surface area contributed by atoms with Gasteiger partial charge in [-0.05, 0) is 37.7 Å². The number of nitrogens with two attached hydrogens (primary N) is 1. The van der Waals surface area contributed by atoms with Gasteiger partial charge in [0, 0.05) is 24.5 Å². The minimum atomic E-state index is 0. The zero-order chi connectivity index (χ0) is 15.4. The molecule has 0 spiro atoms. The molecule has 1 aromatic carbocycles. The summed E-state index contributed by atoms with van der Waals surface area (Å²) in [6, 6.07) is 11.1. The van der Waals surface area contributed by atoms with E-state index in [1.54, 1.807) is 0 Å². The van der Waals surface area contributed by atoms with Gasteiger partial charge in [0.05, 0.1) is 0 Å². The third kappa shape index (κ3) is 4.71. The lowest BCUT2D eigenvalue weighted by Crippen LogP contribution is -2.43. The fraction of sp³-hybridized carbons (Fsp3) is 0.632. The topological polar surface area (TPSA) is 46.3 Å². The molecule has 1 amide bonds. The van der Waals surface area contributed by atoms with Crippen LogP contribution in [-0.4, -0.2) is 22.9 Å². The molecule has 2 unspecified atom stereocenters. The van der Waals surface area contributed by atoms with Gasteiger partial charge in [-0.15, -0.1) is 12.4 Å². The Morgan fingerprint density at radius 2 is 1.74 bits per heavy atom. The molecule has 0 bridgehead atoms. The van der Waals surface area contributed by atoms with Gasteiger partial charge in [-0.25, -0.2) is 0 Å². The van der Waals surface area contributed by atoms with Crippen LogP contribution in [0.4, 0.5) is 0 Å². The second-order valence-corrected chi connectivity index (χ2v) is 7.01. The molecule has 23 heavy (non-hydrogen) atoms. The molecule has 0 aromatic heterocycles. The van der Waals surface area contributed by atoms with Crippen molar-refractivity contribution < 1.29 is 4.79 Å². The molecule has 0 aliphatic heterocycles. The summed E-state index contributed by atoms with van der Waals surface area (Å²) >= 11 is 0. The van der Waals surface area contributed by atoms with Crippen molar-refractivity contribution in [2.24, 2.45) is 11.7 Å². The van der Waals surface area contributed by atoms with Crippen LogP contribution in [0.5, 0.6) is 0 Å². The van der Waals surface area contributed by atoms with Crippen molar-refractivity contribution in [3.63, 3.8) is 0 Å². The summed E-state index contributed by atoms with van der Waals surface area (Å²) in [6.07, 6.45) is 9.00. The lowest BCUT2D eigenvalue weighted by atomic mass is 9.92. The van der Waals surface area contributed by atoms with Crippen molar-refractivity contribution in [1.29, 1.82) is 0 Å². The van der Waals surface area contributed by atoms with Gasteiger partial charge in [-0.3, -0.25) is 4.79 Å². The fourth-order valence-electron chi connectivity index (χ4n) is 4.04. The Balaban J connectivity index is 0.00000192. The number of benzene rings is 1. The summed E-state index contributed by atoms with van der Waals surface area (Å²) in [5.74, 6) is 0.504. The van der Waals surface area contributed by atoms with E-state index in [-0.39, 0.29) is 24.4 Å². The van der Waals surface area contributed by atoms with Crippen LogP contribution in [0.25, 0.3) is 0 Å². The third-order valence-electron chi connectivity index (χ3n) is 5.32. The van der Waals surface area contributed by atoms with Crippen LogP contribution in [0.3, 0.4) is 0 Å². The van der Waals surface area contributed by atoms with E-state index in [0.29, 0.717) is 11.9 Å². The van der Waals surface area contributed by atoms with Gasteiger partial charge in [-0.2, -0.15) is 0 Å². The van der Waals surface area contributed by atoms with Gasteiger partial charge in [0.2, 0.25) is 5.91 Å². The van der Waals surface area contributed by atoms with E-state index in [9.17, 15) is 4.79 Å². The second-order valence-electron chi connectivity index (χ2n) is 7.01. The number of amides is 1. The number of halogens is 1. The van der Waals surface area contributed by atoms with Crippen molar-refractivity contribution in [1.82, 2.24) is 4.90 Å². The summed E-state index contributed by atoms with van der Waals surface area (Å²) < 4.78 is 0. The van der Waals surface area contributed by atoms with Crippen molar-refractivity contribution in [2.45, 2.75) is 70.0 Å². The first-order chi connectivity index (χ1) is 10.7. The average Bonchev–Trinajstić information content (AvgIpc) is 3.00. The largest absolute Gasteiger partial charge is 0.335 e. The highest BCUT2D eigenvalue weighted by Gasteiger charge is 2.34. The normalized spacial score (nSPS) is 24.9. The van der Waals surface area contributed by atoms with Crippen LogP contribution >= 0.6 is 12.4 Å². The first-order valence-corrected chi connectivity index (χ1v) is 8.84. The maximum Gasteiger partial charge on any atom is 0.226 e. The first kappa shape index (κ1) is 18.3. The average molecular weight is 337 g/mol. The molecule has 2 fully saturated rings. The molecule has 0 radical (unpaired) electrons. The van der Waals surface area contributed by atoms with Gasteiger partial charge in [-0.1, -0.05) is 49.6 Å². The maximum atomic E-state index is 13.1. The van der Waals surface area contributed by atoms with E-state index >= 15 is 0 Å². The number of carbonyl (C=O) groups is 1. The molecule has 2 aliphatic rings. The molecular weight excluding hydrogens is 308 g/mol.